The van der Waals surface area contributed by atoms with Crippen LogP contribution >= 0.6 is 11.6 Å². The summed E-state index contributed by atoms with van der Waals surface area (Å²) in [6, 6.07) is 1.35. The van der Waals surface area contributed by atoms with Gasteiger partial charge >= 0.3 is 5.97 Å². The summed E-state index contributed by atoms with van der Waals surface area (Å²) in [6.45, 7) is 0. The fourth-order valence-electron chi connectivity index (χ4n) is 0.922. The lowest BCUT2D eigenvalue weighted by Crippen LogP contribution is -2.20. The lowest BCUT2D eigenvalue weighted by atomic mass is 10.5. The quantitative estimate of drug-likeness (QED) is 0.620. The van der Waals surface area contributed by atoms with E-state index in [9.17, 15) is 13.2 Å². The van der Waals surface area contributed by atoms with Gasteiger partial charge in [-0.05, 0) is 17.7 Å². The van der Waals surface area contributed by atoms with Crippen LogP contribution in [0.25, 0.3) is 0 Å². The van der Waals surface area contributed by atoms with Crippen molar-refractivity contribution in [1.29, 1.82) is 0 Å². The number of anilines is 1. The maximum absolute atomic E-state index is 11.5. The van der Waals surface area contributed by atoms with Crippen LogP contribution in [0.5, 0.6) is 0 Å². The molecule has 7 nitrogen and oxygen atoms in total. The van der Waals surface area contributed by atoms with E-state index in [-0.39, 0.29) is 23.3 Å². The van der Waals surface area contributed by atoms with Gasteiger partial charge in [0.2, 0.25) is 15.3 Å². The molecular formula is C8H10ClN3O4S. The monoisotopic (exact) mass is 279 g/mol. The van der Waals surface area contributed by atoms with E-state index in [1.54, 1.807) is 0 Å². The van der Waals surface area contributed by atoms with Crippen molar-refractivity contribution in [2.24, 2.45) is 0 Å². The Morgan fingerprint density at radius 2 is 2.29 bits per heavy atom. The molecule has 0 bridgehead atoms. The highest BCUT2D eigenvalue weighted by atomic mass is 35.5. The molecular weight excluding hydrogens is 270 g/mol. The highest BCUT2D eigenvalue weighted by Gasteiger charge is 2.14. The third-order valence-electron chi connectivity index (χ3n) is 1.69. The Morgan fingerprint density at radius 3 is 2.88 bits per heavy atom. The topological polar surface area (TPSA) is 98.2 Å². The molecule has 1 aromatic rings. The van der Waals surface area contributed by atoms with Crippen LogP contribution in [-0.4, -0.2) is 37.2 Å². The maximum Gasteiger partial charge on any atom is 0.306 e. The molecule has 0 aliphatic carbocycles. The molecule has 9 heteroatoms. The first kappa shape index (κ1) is 13.7. The third kappa shape index (κ3) is 4.96. The second-order valence-electron chi connectivity index (χ2n) is 2.96. The lowest BCUT2D eigenvalue weighted by Gasteiger charge is -2.06. The van der Waals surface area contributed by atoms with Gasteiger partial charge in [-0.1, -0.05) is 0 Å². The van der Waals surface area contributed by atoms with Crippen molar-refractivity contribution >= 4 is 33.4 Å². The number of esters is 1. The first-order valence-corrected chi connectivity index (χ1v) is 6.52. The van der Waals surface area contributed by atoms with E-state index in [0.717, 1.165) is 0 Å². The zero-order chi connectivity index (χ0) is 12.9. The zero-order valence-electron chi connectivity index (χ0n) is 8.88. The van der Waals surface area contributed by atoms with Crippen LogP contribution in [0, 0.1) is 0 Å². The third-order valence-corrected chi connectivity index (χ3v) is 3.13. The summed E-state index contributed by atoms with van der Waals surface area (Å²) in [7, 11) is -2.47. The van der Waals surface area contributed by atoms with Crippen LogP contribution in [0.2, 0.25) is 5.28 Å². The highest BCUT2D eigenvalue weighted by Crippen LogP contribution is 2.08. The van der Waals surface area contributed by atoms with E-state index in [1.165, 1.54) is 19.4 Å². The van der Waals surface area contributed by atoms with Crippen molar-refractivity contribution in [1.82, 2.24) is 9.97 Å². The molecule has 0 spiro atoms. The minimum atomic E-state index is -3.66. The van der Waals surface area contributed by atoms with E-state index in [2.05, 4.69) is 19.4 Å². The van der Waals surface area contributed by atoms with Crippen LogP contribution in [0.4, 0.5) is 5.82 Å². The van der Waals surface area contributed by atoms with Gasteiger partial charge in [-0.25, -0.2) is 13.4 Å². The Hall–Kier alpha value is -1.41. The Labute approximate surface area is 103 Å². The Kier molecular flexibility index (Phi) is 4.64. The summed E-state index contributed by atoms with van der Waals surface area (Å²) < 4.78 is 29.5. The van der Waals surface area contributed by atoms with Crippen molar-refractivity contribution in [2.45, 2.75) is 6.42 Å². The van der Waals surface area contributed by atoms with Crippen molar-refractivity contribution < 1.29 is 17.9 Å². The van der Waals surface area contributed by atoms with E-state index in [0.29, 0.717) is 0 Å². The molecule has 0 amide bonds. The van der Waals surface area contributed by atoms with Crippen molar-refractivity contribution in [3.05, 3.63) is 17.5 Å². The standard InChI is InChI=1S/C8H10ClN3O4S/c1-16-7(13)3-5-17(14,15)12-6-2-4-10-8(9)11-6/h2,4H,3,5H2,1H3,(H,10,11,12). The number of carbonyl (C=O) groups is 1. The Morgan fingerprint density at radius 1 is 1.59 bits per heavy atom. The van der Waals surface area contributed by atoms with Crippen LogP contribution in [0.3, 0.4) is 0 Å². The molecule has 17 heavy (non-hydrogen) atoms. The number of sulfonamides is 1. The molecule has 1 rings (SSSR count). The molecule has 0 saturated carbocycles. The van der Waals surface area contributed by atoms with Gasteiger partial charge in [0, 0.05) is 6.20 Å². The van der Waals surface area contributed by atoms with Gasteiger partial charge in [-0.15, -0.1) is 0 Å². The molecule has 0 aromatic carbocycles. The number of hydrogen-bond donors (Lipinski definition) is 1. The molecule has 1 heterocycles. The van der Waals surface area contributed by atoms with Crippen molar-refractivity contribution in [3.8, 4) is 0 Å². The number of nitrogens with one attached hydrogen (secondary N) is 1. The molecule has 0 fully saturated rings. The largest absolute Gasteiger partial charge is 0.469 e. The van der Waals surface area contributed by atoms with E-state index >= 15 is 0 Å². The number of ether oxygens (including phenoxy) is 1. The summed E-state index contributed by atoms with van der Waals surface area (Å²) in [6.07, 6.45) is 1.08. The molecule has 0 atom stereocenters. The summed E-state index contributed by atoms with van der Waals surface area (Å²) in [5, 5.41) is -0.0711. The Bertz CT molecular complexity index is 505. The molecule has 94 valence electrons. The van der Waals surface area contributed by atoms with E-state index < -0.39 is 16.0 Å². The number of halogens is 1. The molecule has 0 radical (unpaired) electrons. The Balaban J connectivity index is 2.64. The summed E-state index contributed by atoms with van der Waals surface area (Å²) in [4.78, 5) is 18.1. The molecule has 0 aliphatic rings. The van der Waals surface area contributed by atoms with Gasteiger partial charge in [0.25, 0.3) is 0 Å². The van der Waals surface area contributed by atoms with Gasteiger partial charge in [0.1, 0.15) is 5.82 Å². The van der Waals surface area contributed by atoms with Gasteiger partial charge in [0.15, 0.2) is 0 Å². The van der Waals surface area contributed by atoms with E-state index in [1.807, 2.05) is 0 Å². The maximum atomic E-state index is 11.5. The van der Waals surface area contributed by atoms with Crippen LogP contribution in [0.15, 0.2) is 12.3 Å². The SMILES string of the molecule is COC(=O)CCS(=O)(=O)Nc1ccnc(Cl)n1. The molecule has 0 saturated heterocycles. The zero-order valence-corrected chi connectivity index (χ0v) is 10.5. The molecule has 0 aliphatic heterocycles. The predicted octanol–water partition coefficient (Wildman–Crippen LogP) is 0.435. The smallest absolute Gasteiger partial charge is 0.306 e. The predicted molar refractivity (Wildman–Crippen MR) is 61.1 cm³/mol. The molecule has 1 aromatic heterocycles. The van der Waals surface area contributed by atoms with Crippen molar-refractivity contribution in [3.63, 3.8) is 0 Å². The average molecular weight is 280 g/mol. The average Bonchev–Trinajstić information content (AvgIpc) is 2.25. The first-order chi connectivity index (χ1) is 7.93. The fraction of sp³-hybridized carbons (Fsp3) is 0.375. The second kappa shape index (κ2) is 5.78. The second-order valence-corrected chi connectivity index (χ2v) is 5.14. The summed E-state index contributed by atoms with van der Waals surface area (Å²) in [5.74, 6) is -0.938. The van der Waals surface area contributed by atoms with Crippen LogP contribution in [-0.2, 0) is 19.6 Å². The van der Waals surface area contributed by atoms with Gasteiger partial charge in [0.05, 0.1) is 19.3 Å². The number of hydrogen-bond acceptors (Lipinski definition) is 6. The van der Waals surface area contributed by atoms with Crippen LogP contribution < -0.4 is 4.72 Å². The first-order valence-electron chi connectivity index (χ1n) is 4.49. The van der Waals surface area contributed by atoms with Gasteiger partial charge < -0.3 is 4.74 Å². The lowest BCUT2D eigenvalue weighted by molar-refractivity contribution is -0.140. The minimum absolute atomic E-state index is 0.0508. The van der Waals surface area contributed by atoms with E-state index in [4.69, 9.17) is 11.6 Å². The normalized spacial score (nSPS) is 10.9. The number of carbonyl (C=O) groups excluding carboxylic acids is 1. The van der Waals surface area contributed by atoms with Gasteiger partial charge in [-0.3, -0.25) is 9.52 Å². The fourth-order valence-corrected chi connectivity index (χ4v) is 2.04. The number of rotatable bonds is 5. The summed E-state index contributed by atoms with van der Waals surface area (Å²) in [5.41, 5.74) is 0. The van der Waals surface area contributed by atoms with Gasteiger partial charge in [-0.2, -0.15) is 4.98 Å². The molecule has 1 N–H and O–H groups in total. The highest BCUT2D eigenvalue weighted by molar-refractivity contribution is 7.92. The minimum Gasteiger partial charge on any atom is -0.469 e. The number of aromatic nitrogens is 2. The number of nitrogens with zero attached hydrogens (tertiary/aromatic N) is 2. The summed E-state index contributed by atoms with van der Waals surface area (Å²) >= 11 is 5.49. The molecule has 0 unspecified atom stereocenters. The number of methoxy groups -OCH3 is 1. The van der Waals surface area contributed by atoms with Crippen molar-refractivity contribution in [2.75, 3.05) is 17.6 Å². The van der Waals surface area contributed by atoms with Crippen LogP contribution in [0.1, 0.15) is 6.42 Å².